The summed E-state index contributed by atoms with van der Waals surface area (Å²) in [6.07, 6.45) is 7.98. The Morgan fingerprint density at radius 2 is 0.984 bits per heavy atom. The van der Waals surface area contributed by atoms with Gasteiger partial charge in [-0.05, 0) is 82.8 Å². The van der Waals surface area contributed by atoms with Crippen molar-refractivity contribution in [3.63, 3.8) is 0 Å². The number of thiophene rings is 1. The third-order valence-corrected chi connectivity index (χ3v) is 12.9. The van der Waals surface area contributed by atoms with Crippen LogP contribution in [0.1, 0.15) is 6.92 Å². The summed E-state index contributed by atoms with van der Waals surface area (Å²) in [5, 5.41) is 4.94. The van der Waals surface area contributed by atoms with Crippen LogP contribution in [0.3, 0.4) is 0 Å². The quantitative estimate of drug-likeness (QED) is 0.136. The minimum absolute atomic E-state index is 0.617. The Morgan fingerprint density at radius 1 is 0.429 bits per heavy atom. The number of nitrogens with zero attached hydrogens (tertiary/aromatic N) is 4. The first-order valence-corrected chi connectivity index (χ1v) is 22.0. The summed E-state index contributed by atoms with van der Waals surface area (Å²) in [5.74, 6) is 1.87. The standard InChI is InChI=1S/C58H40N4S/c1-3-4-8-19-38(2)62-52-29-18-17-28-47(52)48-37-55-50(36-53(48)62)49-34-43(31-33-54(49)63-55)46-32-30-42(45-27-16-15-26-44(45)39-20-9-5-10-21-39)35-51(46)58-60-56(40-22-11-6-12-23-40)59-57(61-58)41-24-13-7-14-25-41/h3-37H,1H2,2H3/b8-4-,38-19+. The largest absolute Gasteiger partial charge is 0.313 e. The fraction of sp³-hybridized carbons (Fsp3) is 0.0172. The summed E-state index contributed by atoms with van der Waals surface area (Å²) in [6.45, 7) is 6.03. The number of aromatic nitrogens is 4. The molecule has 3 heterocycles. The van der Waals surface area contributed by atoms with Crippen molar-refractivity contribution >= 4 is 59.0 Å². The highest BCUT2D eigenvalue weighted by Crippen LogP contribution is 2.44. The van der Waals surface area contributed by atoms with Crippen molar-refractivity contribution in [2.45, 2.75) is 6.92 Å². The summed E-state index contributed by atoms with van der Waals surface area (Å²) in [6, 6.07) is 66.7. The van der Waals surface area contributed by atoms with Crippen molar-refractivity contribution in [1.29, 1.82) is 0 Å². The van der Waals surface area contributed by atoms with Crippen LogP contribution in [0.2, 0.25) is 0 Å². The van der Waals surface area contributed by atoms with Gasteiger partial charge in [0, 0.05) is 53.3 Å². The van der Waals surface area contributed by atoms with Gasteiger partial charge < -0.3 is 4.57 Å². The maximum Gasteiger partial charge on any atom is 0.164 e. The van der Waals surface area contributed by atoms with Crippen molar-refractivity contribution in [2.24, 2.45) is 0 Å². The lowest BCUT2D eigenvalue weighted by Gasteiger charge is -2.16. The van der Waals surface area contributed by atoms with Gasteiger partial charge in [-0.25, -0.2) is 15.0 Å². The zero-order valence-corrected chi connectivity index (χ0v) is 35.4. The zero-order valence-electron chi connectivity index (χ0n) is 34.6. The van der Waals surface area contributed by atoms with Crippen LogP contribution in [0.15, 0.2) is 219 Å². The summed E-state index contributed by atoms with van der Waals surface area (Å²) < 4.78 is 4.88. The molecule has 11 rings (SSSR count). The molecule has 8 aromatic carbocycles. The Hall–Kier alpha value is -7.99. The number of fused-ring (bicyclic) bond motifs is 6. The molecule has 4 nitrogen and oxygen atoms in total. The molecule has 0 unspecified atom stereocenters. The van der Waals surface area contributed by atoms with E-state index in [0.717, 1.165) is 44.6 Å². The Labute approximate surface area is 370 Å². The van der Waals surface area contributed by atoms with Gasteiger partial charge in [-0.3, -0.25) is 0 Å². The van der Waals surface area contributed by atoms with Gasteiger partial charge >= 0.3 is 0 Å². The van der Waals surface area contributed by atoms with Gasteiger partial charge in [0.25, 0.3) is 0 Å². The molecule has 3 aromatic heterocycles. The first-order chi connectivity index (χ1) is 31.1. The van der Waals surface area contributed by atoms with Crippen LogP contribution in [0, 0.1) is 0 Å². The molecule has 0 amide bonds. The predicted octanol–water partition coefficient (Wildman–Crippen LogP) is 16.0. The molecule has 0 saturated heterocycles. The predicted molar refractivity (Wildman–Crippen MR) is 268 cm³/mol. The van der Waals surface area contributed by atoms with Crippen molar-refractivity contribution in [1.82, 2.24) is 19.5 Å². The maximum absolute atomic E-state index is 5.27. The molecule has 0 aliphatic carbocycles. The molecular formula is C58H40N4S. The number of benzene rings is 8. The maximum atomic E-state index is 5.27. The van der Waals surface area contributed by atoms with Crippen LogP contribution in [-0.2, 0) is 0 Å². The molecule has 0 N–H and O–H groups in total. The van der Waals surface area contributed by atoms with Crippen molar-refractivity contribution < 1.29 is 0 Å². The number of para-hydroxylation sites is 1. The lowest BCUT2D eigenvalue weighted by molar-refractivity contribution is 1.07. The monoisotopic (exact) mass is 824 g/mol. The van der Waals surface area contributed by atoms with E-state index in [1.54, 1.807) is 0 Å². The van der Waals surface area contributed by atoms with Gasteiger partial charge in [-0.2, -0.15) is 0 Å². The van der Waals surface area contributed by atoms with E-state index in [1.165, 1.54) is 53.1 Å². The lowest BCUT2D eigenvalue weighted by Crippen LogP contribution is -2.01. The number of hydrogen-bond acceptors (Lipinski definition) is 4. The fourth-order valence-corrected chi connectivity index (χ4v) is 9.92. The minimum atomic E-state index is 0.617. The number of hydrogen-bond donors (Lipinski definition) is 0. The van der Waals surface area contributed by atoms with E-state index < -0.39 is 0 Å². The van der Waals surface area contributed by atoms with E-state index in [9.17, 15) is 0 Å². The van der Waals surface area contributed by atoms with Gasteiger partial charge in [0.15, 0.2) is 17.5 Å². The molecule has 0 spiro atoms. The highest BCUT2D eigenvalue weighted by molar-refractivity contribution is 7.25. The summed E-state index contributed by atoms with van der Waals surface area (Å²) in [5.41, 5.74) is 13.0. The topological polar surface area (TPSA) is 43.6 Å². The zero-order chi connectivity index (χ0) is 42.3. The summed E-state index contributed by atoms with van der Waals surface area (Å²) >= 11 is 1.84. The van der Waals surface area contributed by atoms with Gasteiger partial charge in [-0.1, -0.05) is 176 Å². The van der Waals surface area contributed by atoms with E-state index in [0.29, 0.717) is 17.5 Å². The third kappa shape index (κ3) is 6.95. The second-order valence-corrected chi connectivity index (χ2v) is 16.8. The van der Waals surface area contributed by atoms with Crippen LogP contribution >= 0.6 is 11.3 Å². The first kappa shape index (κ1) is 38.0. The Balaban J connectivity index is 1.15. The average Bonchev–Trinajstić information content (AvgIpc) is 3.88. The third-order valence-electron chi connectivity index (χ3n) is 11.8. The molecule has 0 fully saturated rings. The van der Waals surface area contributed by atoms with Crippen molar-refractivity contribution in [3.05, 3.63) is 219 Å². The molecule has 0 aliphatic heterocycles. The van der Waals surface area contributed by atoms with E-state index in [-0.39, 0.29) is 0 Å². The SMILES string of the molecule is C=C/C=C\C=C(/C)n1c2ccccc2c2cc3sc4ccc(-c5ccc(-c6ccccc6-c6ccccc6)cc5-c5nc(-c6ccccc6)nc(-c6ccccc6)n5)cc4c3cc21. The van der Waals surface area contributed by atoms with Gasteiger partial charge in [0.05, 0.1) is 11.0 Å². The van der Waals surface area contributed by atoms with Gasteiger partial charge in [0.2, 0.25) is 0 Å². The van der Waals surface area contributed by atoms with Crippen LogP contribution in [0.5, 0.6) is 0 Å². The van der Waals surface area contributed by atoms with Gasteiger partial charge in [-0.15, -0.1) is 11.3 Å². The molecule has 0 bridgehead atoms. The summed E-state index contributed by atoms with van der Waals surface area (Å²) in [4.78, 5) is 15.6. The highest BCUT2D eigenvalue weighted by atomic mass is 32.1. The van der Waals surface area contributed by atoms with E-state index in [2.05, 4.69) is 182 Å². The van der Waals surface area contributed by atoms with Crippen LogP contribution in [0.25, 0.3) is 115 Å². The molecule has 0 atom stereocenters. The molecule has 5 heteroatoms. The van der Waals surface area contributed by atoms with Crippen LogP contribution in [0.4, 0.5) is 0 Å². The average molecular weight is 825 g/mol. The molecule has 298 valence electrons. The molecule has 63 heavy (non-hydrogen) atoms. The first-order valence-electron chi connectivity index (χ1n) is 21.1. The second kappa shape index (κ2) is 16.1. The Kier molecular flexibility index (Phi) is 9.72. The molecule has 0 saturated carbocycles. The molecule has 11 aromatic rings. The second-order valence-electron chi connectivity index (χ2n) is 15.7. The van der Waals surface area contributed by atoms with Crippen molar-refractivity contribution in [3.8, 4) is 67.5 Å². The summed E-state index contributed by atoms with van der Waals surface area (Å²) in [7, 11) is 0. The van der Waals surface area contributed by atoms with E-state index in [1.807, 2.05) is 59.9 Å². The van der Waals surface area contributed by atoms with E-state index >= 15 is 0 Å². The highest BCUT2D eigenvalue weighted by Gasteiger charge is 2.20. The fourth-order valence-electron chi connectivity index (χ4n) is 8.82. The normalized spacial score (nSPS) is 12.0. The van der Waals surface area contributed by atoms with Gasteiger partial charge in [0.1, 0.15) is 0 Å². The lowest BCUT2D eigenvalue weighted by atomic mass is 9.90. The molecule has 0 radical (unpaired) electrons. The smallest absolute Gasteiger partial charge is 0.164 e. The molecule has 0 aliphatic rings. The van der Waals surface area contributed by atoms with E-state index in [4.69, 9.17) is 15.0 Å². The number of allylic oxidation sites excluding steroid dienone is 5. The van der Waals surface area contributed by atoms with Crippen LogP contribution in [-0.4, -0.2) is 19.5 Å². The Morgan fingerprint density at radius 3 is 1.68 bits per heavy atom. The Bertz CT molecular complexity index is 3520. The minimum Gasteiger partial charge on any atom is -0.313 e. The molecular weight excluding hydrogens is 785 g/mol. The van der Waals surface area contributed by atoms with Crippen molar-refractivity contribution in [2.75, 3.05) is 0 Å². The number of rotatable bonds is 9. The van der Waals surface area contributed by atoms with Crippen LogP contribution < -0.4 is 0 Å².